The number of rotatable bonds is 14. The molecule has 10 heteroatoms. The highest BCUT2D eigenvalue weighted by molar-refractivity contribution is 7.92. The number of anilines is 1. The molecule has 2 amide bonds. The van der Waals surface area contributed by atoms with Gasteiger partial charge >= 0.3 is 0 Å². The van der Waals surface area contributed by atoms with Crippen LogP contribution in [0.1, 0.15) is 37.8 Å². The molecule has 0 aliphatic rings. The van der Waals surface area contributed by atoms with Gasteiger partial charge in [0.05, 0.1) is 11.9 Å². The quantitative estimate of drug-likeness (QED) is 0.268. The molecule has 3 aromatic carbocycles. The summed E-state index contributed by atoms with van der Waals surface area (Å²) in [7, 11) is -3.83. The Balaban J connectivity index is 1.80. The van der Waals surface area contributed by atoms with Crippen LogP contribution in [0.15, 0.2) is 78.9 Å². The van der Waals surface area contributed by atoms with Gasteiger partial charge in [-0.2, -0.15) is 0 Å². The number of carbonyl (C=O) groups is 2. The first-order valence-corrected chi connectivity index (χ1v) is 15.4. The molecule has 40 heavy (non-hydrogen) atoms. The van der Waals surface area contributed by atoms with Crippen molar-refractivity contribution >= 4 is 39.1 Å². The minimum atomic E-state index is -3.83. The van der Waals surface area contributed by atoms with E-state index in [1.54, 1.807) is 55.5 Å². The van der Waals surface area contributed by atoms with E-state index < -0.39 is 28.5 Å². The summed E-state index contributed by atoms with van der Waals surface area (Å²) in [4.78, 5) is 27.9. The van der Waals surface area contributed by atoms with Gasteiger partial charge in [0.15, 0.2) is 0 Å². The van der Waals surface area contributed by atoms with Gasteiger partial charge < -0.3 is 15.0 Å². The number of unbranched alkanes of at least 4 members (excludes halogenated alkanes) is 1. The first-order chi connectivity index (χ1) is 19.1. The smallest absolute Gasteiger partial charge is 0.244 e. The molecule has 3 rings (SSSR count). The van der Waals surface area contributed by atoms with Gasteiger partial charge in [-0.25, -0.2) is 8.42 Å². The number of carbonyl (C=O) groups excluding carboxylic acids is 2. The van der Waals surface area contributed by atoms with Crippen molar-refractivity contribution in [2.75, 3.05) is 23.7 Å². The Kier molecular flexibility index (Phi) is 11.4. The van der Waals surface area contributed by atoms with Crippen LogP contribution in [-0.2, 0) is 32.8 Å². The number of hydrogen-bond acceptors (Lipinski definition) is 5. The molecule has 0 heterocycles. The van der Waals surface area contributed by atoms with Crippen LogP contribution < -0.4 is 14.4 Å². The molecule has 0 aliphatic carbocycles. The van der Waals surface area contributed by atoms with Crippen molar-refractivity contribution in [3.05, 3.63) is 95.0 Å². The van der Waals surface area contributed by atoms with E-state index in [4.69, 9.17) is 16.3 Å². The molecule has 0 unspecified atom stereocenters. The van der Waals surface area contributed by atoms with Crippen molar-refractivity contribution < 1.29 is 22.7 Å². The number of nitrogens with zero attached hydrogens (tertiary/aromatic N) is 2. The van der Waals surface area contributed by atoms with Crippen molar-refractivity contribution in [3.8, 4) is 5.75 Å². The molecule has 0 saturated heterocycles. The molecule has 8 nitrogen and oxygen atoms in total. The van der Waals surface area contributed by atoms with Gasteiger partial charge in [0.1, 0.15) is 24.9 Å². The summed E-state index contributed by atoms with van der Waals surface area (Å²) in [6, 6.07) is 22.3. The van der Waals surface area contributed by atoms with Crippen LogP contribution in [0.4, 0.5) is 5.69 Å². The van der Waals surface area contributed by atoms with E-state index in [0.29, 0.717) is 29.6 Å². The molecular weight excluding hydrogens is 550 g/mol. The van der Waals surface area contributed by atoms with Crippen LogP contribution >= 0.6 is 11.6 Å². The summed E-state index contributed by atoms with van der Waals surface area (Å²) in [6.07, 6.45) is 2.77. The maximum Gasteiger partial charge on any atom is 0.244 e. The molecule has 214 valence electrons. The highest BCUT2D eigenvalue weighted by Crippen LogP contribution is 2.23. The van der Waals surface area contributed by atoms with Crippen molar-refractivity contribution in [1.29, 1.82) is 0 Å². The average molecular weight is 586 g/mol. The monoisotopic (exact) mass is 585 g/mol. The fourth-order valence-corrected chi connectivity index (χ4v) is 5.08. The highest BCUT2D eigenvalue weighted by Gasteiger charge is 2.30. The number of hydrogen-bond donors (Lipinski definition) is 1. The van der Waals surface area contributed by atoms with Crippen LogP contribution in [0.5, 0.6) is 5.75 Å². The Bertz CT molecular complexity index is 1370. The zero-order chi connectivity index (χ0) is 29.1. The summed E-state index contributed by atoms with van der Waals surface area (Å²) in [5, 5.41) is 3.35. The Labute approximate surface area is 241 Å². The maximum absolute atomic E-state index is 13.6. The molecular formula is C30H36ClN3O5S. The van der Waals surface area contributed by atoms with Crippen LogP contribution in [0.25, 0.3) is 0 Å². The summed E-state index contributed by atoms with van der Waals surface area (Å²) >= 11 is 6.15. The van der Waals surface area contributed by atoms with E-state index in [0.717, 1.165) is 34.5 Å². The lowest BCUT2D eigenvalue weighted by Crippen LogP contribution is -2.51. The van der Waals surface area contributed by atoms with Crippen molar-refractivity contribution in [2.24, 2.45) is 0 Å². The van der Waals surface area contributed by atoms with Crippen molar-refractivity contribution in [3.63, 3.8) is 0 Å². The number of sulfonamides is 1. The second-order valence-electron chi connectivity index (χ2n) is 9.51. The van der Waals surface area contributed by atoms with Gasteiger partial charge in [-0.3, -0.25) is 13.9 Å². The number of amides is 2. The Morgan fingerprint density at radius 2 is 1.65 bits per heavy atom. The molecule has 3 aromatic rings. The second-order valence-corrected chi connectivity index (χ2v) is 11.9. The van der Waals surface area contributed by atoms with E-state index >= 15 is 0 Å². The number of halogens is 1. The Morgan fingerprint density at radius 3 is 2.27 bits per heavy atom. The van der Waals surface area contributed by atoms with Crippen LogP contribution in [-0.4, -0.2) is 50.5 Å². The van der Waals surface area contributed by atoms with E-state index in [1.807, 2.05) is 37.3 Å². The molecule has 0 aromatic heterocycles. The van der Waals surface area contributed by atoms with Gasteiger partial charge in [-0.15, -0.1) is 0 Å². The van der Waals surface area contributed by atoms with Gasteiger partial charge in [0.25, 0.3) is 0 Å². The van der Waals surface area contributed by atoms with E-state index in [2.05, 4.69) is 5.32 Å². The van der Waals surface area contributed by atoms with Crippen molar-refractivity contribution in [1.82, 2.24) is 10.2 Å². The van der Waals surface area contributed by atoms with E-state index in [1.165, 1.54) is 4.90 Å². The van der Waals surface area contributed by atoms with Gasteiger partial charge in [0.2, 0.25) is 21.8 Å². The van der Waals surface area contributed by atoms with Crippen LogP contribution in [0.3, 0.4) is 0 Å². The first-order valence-electron chi connectivity index (χ1n) is 13.1. The topological polar surface area (TPSA) is 96.0 Å². The summed E-state index contributed by atoms with van der Waals surface area (Å²) < 4.78 is 32.4. The molecule has 1 N–H and O–H groups in total. The van der Waals surface area contributed by atoms with Gasteiger partial charge in [-0.05, 0) is 60.9 Å². The fraction of sp³-hybridized carbons (Fsp3) is 0.333. The lowest BCUT2D eigenvalue weighted by Gasteiger charge is -2.31. The lowest BCUT2D eigenvalue weighted by molar-refractivity contribution is -0.139. The standard InChI is InChI=1S/C30H36ClN3O5S/c1-4-5-18-32-30(36)23(2)33(20-25-12-9-13-26(31)19-25)29(35)21-34(40(3,37)38)27-14-16-28(17-15-27)39-22-24-10-7-6-8-11-24/h6-17,19,23H,4-5,18,20-22H2,1-3H3,(H,32,36)/t23-/m1/s1. The average Bonchev–Trinajstić information content (AvgIpc) is 2.93. The molecule has 0 spiro atoms. The minimum absolute atomic E-state index is 0.0889. The number of nitrogens with one attached hydrogen (secondary N) is 1. The molecule has 0 radical (unpaired) electrons. The fourth-order valence-electron chi connectivity index (χ4n) is 4.01. The van der Waals surface area contributed by atoms with E-state index in [9.17, 15) is 18.0 Å². The maximum atomic E-state index is 13.6. The summed E-state index contributed by atoms with van der Waals surface area (Å²) in [6.45, 7) is 4.12. The normalized spacial score (nSPS) is 11.9. The zero-order valence-electron chi connectivity index (χ0n) is 23.0. The molecule has 0 saturated carbocycles. The summed E-state index contributed by atoms with van der Waals surface area (Å²) in [5.74, 6) is -0.269. The Morgan fingerprint density at radius 1 is 0.975 bits per heavy atom. The minimum Gasteiger partial charge on any atom is -0.489 e. The van der Waals surface area contributed by atoms with Gasteiger partial charge in [-0.1, -0.05) is 67.4 Å². The van der Waals surface area contributed by atoms with Gasteiger partial charge in [0, 0.05) is 18.1 Å². The number of benzene rings is 3. The zero-order valence-corrected chi connectivity index (χ0v) is 24.6. The molecule has 1 atom stereocenters. The van der Waals surface area contributed by atoms with E-state index in [-0.39, 0.29) is 12.5 Å². The first kappa shape index (κ1) is 31.0. The van der Waals surface area contributed by atoms with Crippen LogP contribution in [0, 0.1) is 0 Å². The predicted octanol–water partition coefficient (Wildman–Crippen LogP) is 5.02. The third-order valence-corrected chi connectivity index (χ3v) is 7.67. The molecule has 0 fully saturated rings. The second kappa shape index (κ2) is 14.7. The lowest BCUT2D eigenvalue weighted by atomic mass is 10.1. The highest BCUT2D eigenvalue weighted by atomic mass is 35.5. The summed E-state index contributed by atoms with van der Waals surface area (Å²) in [5.41, 5.74) is 2.04. The third kappa shape index (κ3) is 9.27. The third-order valence-electron chi connectivity index (χ3n) is 6.29. The van der Waals surface area contributed by atoms with Crippen molar-refractivity contribution in [2.45, 2.75) is 45.9 Å². The Hall–Kier alpha value is -3.56. The SMILES string of the molecule is CCCCNC(=O)[C@@H](C)N(Cc1cccc(Cl)c1)C(=O)CN(c1ccc(OCc2ccccc2)cc1)S(C)(=O)=O. The molecule has 0 bridgehead atoms. The largest absolute Gasteiger partial charge is 0.489 e. The predicted molar refractivity (Wildman–Crippen MR) is 159 cm³/mol. The number of ether oxygens (including phenoxy) is 1. The molecule has 0 aliphatic heterocycles. The van der Waals surface area contributed by atoms with Crippen LogP contribution in [0.2, 0.25) is 5.02 Å².